The maximum atomic E-state index is 6.01. The third kappa shape index (κ3) is 7.17. The van der Waals surface area contributed by atoms with Crippen molar-refractivity contribution in [3.8, 4) is 5.75 Å². The van der Waals surface area contributed by atoms with Crippen molar-refractivity contribution in [1.82, 2.24) is 5.32 Å². The summed E-state index contributed by atoms with van der Waals surface area (Å²) in [5.74, 6) is 0.788. The van der Waals surface area contributed by atoms with Gasteiger partial charge >= 0.3 is 0 Å². The van der Waals surface area contributed by atoms with Gasteiger partial charge in [0, 0.05) is 5.54 Å². The Morgan fingerprint density at radius 3 is 2.36 bits per heavy atom. The molecule has 1 aromatic carbocycles. The molecule has 0 fully saturated rings. The highest BCUT2D eigenvalue weighted by atomic mass is 16.5. The molecule has 3 heteroatoms. The molecule has 0 heterocycles. The molecule has 3 N–H and O–H groups in total. The van der Waals surface area contributed by atoms with E-state index in [1.165, 1.54) is 5.56 Å². The smallest absolute Gasteiger partial charge is 0.142 e. The Hall–Kier alpha value is -1.22. The molecule has 0 spiro atoms. The van der Waals surface area contributed by atoms with Crippen LogP contribution in [0.5, 0.6) is 5.75 Å². The first-order valence-corrected chi connectivity index (χ1v) is 8.39. The van der Waals surface area contributed by atoms with Crippen molar-refractivity contribution in [1.29, 1.82) is 0 Å². The second kappa shape index (κ2) is 7.87. The standard InChI is InChI=1S/C19H34N2O/c1-7-22-17-11-10-15(13-16(17)20)9-8-12-21-19(5,6)14-18(2,3)4/h10-11,13,21H,7-9,12,14,20H2,1-6H3. The van der Waals surface area contributed by atoms with Crippen molar-refractivity contribution in [3.05, 3.63) is 23.8 Å². The Kier molecular flexibility index (Phi) is 6.73. The summed E-state index contributed by atoms with van der Waals surface area (Å²) in [5, 5.41) is 3.68. The molecule has 0 atom stereocenters. The van der Waals surface area contributed by atoms with Crippen LogP contribution in [-0.4, -0.2) is 18.7 Å². The minimum atomic E-state index is 0.177. The fraction of sp³-hybridized carbons (Fsp3) is 0.684. The second-order valence-electron chi connectivity index (χ2n) is 7.96. The Bertz CT molecular complexity index is 461. The number of nitrogens with one attached hydrogen (secondary N) is 1. The first-order valence-electron chi connectivity index (χ1n) is 8.39. The molecule has 126 valence electrons. The Labute approximate surface area is 136 Å². The van der Waals surface area contributed by atoms with Crippen LogP contribution in [0.3, 0.4) is 0 Å². The molecule has 0 saturated carbocycles. The van der Waals surface area contributed by atoms with E-state index in [1.54, 1.807) is 0 Å². The minimum Gasteiger partial charge on any atom is -0.492 e. The number of nitrogens with two attached hydrogens (primary N) is 1. The van der Waals surface area contributed by atoms with Crippen molar-refractivity contribution in [2.75, 3.05) is 18.9 Å². The highest BCUT2D eigenvalue weighted by Crippen LogP contribution is 2.27. The van der Waals surface area contributed by atoms with Gasteiger partial charge in [0.2, 0.25) is 0 Å². The first-order chi connectivity index (χ1) is 10.1. The van der Waals surface area contributed by atoms with E-state index in [-0.39, 0.29) is 5.54 Å². The van der Waals surface area contributed by atoms with Gasteiger partial charge in [-0.05, 0) is 69.7 Å². The Balaban J connectivity index is 2.40. The van der Waals surface area contributed by atoms with Gasteiger partial charge in [0.1, 0.15) is 5.75 Å². The molecular formula is C19H34N2O. The maximum absolute atomic E-state index is 6.01. The van der Waals surface area contributed by atoms with E-state index in [1.807, 2.05) is 19.1 Å². The van der Waals surface area contributed by atoms with E-state index in [2.05, 4.69) is 46.0 Å². The topological polar surface area (TPSA) is 47.3 Å². The number of ether oxygens (including phenoxy) is 1. The van der Waals surface area contributed by atoms with Gasteiger partial charge in [-0.25, -0.2) is 0 Å². The molecule has 0 saturated heterocycles. The molecule has 0 amide bonds. The fourth-order valence-corrected chi connectivity index (χ4v) is 3.15. The monoisotopic (exact) mass is 306 g/mol. The lowest BCUT2D eigenvalue weighted by atomic mass is 9.82. The molecule has 1 rings (SSSR count). The summed E-state index contributed by atoms with van der Waals surface area (Å²) >= 11 is 0. The third-order valence-electron chi connectivity index (χ3n) is 3.59. The summed E-state index contributed by atoms with van der Waals surface area (Å²) < 4.78 is 5.47. The molecule has 0 radical (unpaired) electrons. The molecular weight excluding hydrogens is 272 g/mol. The molecule has 0 aromatic heterocycles. The molecule has 0 aliphatic heterocycles. The number of hydrogen-bond donors (Lipinski definition) is 2. The predicted octanol–water partition coefficient (Wildman–Crippen LogP) is 4.40. The number of rotatable bonds is 8. The van der Waals surface area contributed by atoms with E-state index in [4.69, 9.17) is 10.5 Å². The predicted molar refractivity (Wildman–Crippen MR) is 96.5 cm³/mol. The van der Waals surface area contributed by atoms with Crippen molar-refractivity contribution in [2.24, 2.45) is 5.41 Å². The van der Waals surface area contributed by atoms with Crippen LogP contribution in [0.15, 0.2) is 18.2 Å². The van der Waals surface area contributed by atoms with Gasteiger partial charge in [0.25, 0.3) is 0 Å². The Morgan fingerprint density at radius 2 is 1.82 bits per heavy atom. The van der Waals surface area contributed by atoms with Crippen LogP contribution in [0.1, 0.15) is 59.9 Å². The molecule has 0 unspecified atom stereocenters. The number of anilines is 1. The van der Waals surface area contributed by atoms with Crippen LogP contribution in [0.2, 0.25) is 0 Å². The molecule has 22 heavy (non-hydrogen) atoms. The number of nitrogen functional groups attached to an aromatic ring is 1. The van der Waals surface area contributed by atoms with Crippen LogP contribution >= 0.6 is 0 Å². The average Bonchev–Trinajstić information content (AvgIpc) is 2.35. The molecule has 0 aliphatic rings. The normalized spacial score (nSPS) is 12.5. The fourth-order valence-electron chi connectivity index (χ4n) is 3.15. The van der Waals surface area contributed by atoms with E-state index in [0.717, 1.165) is 37.2 Å². The lowest BCUT2D eigenvalue weighted by Gasteiger charge is -2.33. The van der Waals surface area contributed by atoms with Crippen molar-refractivity contribution >= 4 is 5.69 Å². The van der Waals surface area contributed by atoms with Gasteiger partial charge in [0.05, 0.1) is 12.3 Å². The zero-order chi connectivity index (χ0) is 16.8. The van der Waals surface area contributed by atoms with Gasteiger partial charge in [-0.2, -0.15) is 0 Å². The molecule has 3 nitrogen and oxygen atoms in total. The van der Waals surface area contributed by atoms with Gasteiger partial charge < -0.3 is 15.8 Å². The lowest BCUT2D eigenvalue weighted by Crippen LogP contribution is -2.42. The molecule has 0 aliphatic carbocycles. The van der Waals surface area contributed by atoms with Crippen LogP contribution < -0.4 is 15.8 Å². The van der Waals surface area contributed by atoms with Crippen LogP contribution in [0.4, 0.5) is 5.69 Å². The number of benzene rings is 1. The Morgan fingerprint density at radius 1 is 1.14 bits per heavy atom. The number of hydrogen-bond acceptors (Lipinski definition) is 3. The second-order valence-corrected chi connectivity index (χ2v) is 7.96. The van der Waals surface area contributed by atoms with E-state index >= 15 is 0 Å². The summed E-state index contributed by atoms with van der Waals surface area (Å²) in [7, 11) is 0. The third-order valence-corrected chi connectivity index (χ3v) is 3.59. The van der Waals surface area contributed by atoms with Gasteiger partial charge in [0.15, 0.2) is 0 Å². The van der Waals surface area contributed by atoms with Crippen LogP contribution in [0, 0.1) is 5.41 Å². The first kappa shape index (κ1) is 18.8. The maximum Gasteiger partial charge on any atom is 0.142 e. The lowest BCUT2D eigenvalue weighted by molar-refractivity contribution is 0.242. The van der Waals surface area contributed by atoms with Crippen LogP contribution in [0.25, 0.3) is 0 Å². The summed E-state index contributed by atoms with van der Waals surface area (Å²) in [6.07, 6.45) is 3.31. The summed E-state index contributed by atoms with van der Waals surface area (Å²) in [6, 6.07) is 6.12. The largest absolute Gasteiger partial charge is 0.492 e. The molecule has 1 aromatic rings. The van der Waals surface area contributed by atoms with E-state index in [0.29, 0.717) is 12.0 Å². The van der Waals surface area contributed by atoms with Crippen molar-refractivity contribution in [3.63, 3.8) is 0 Å². The van der Waals surface area contributed by atoms with Gasteiger partial charge in [-0.1, -0.05) is 26.8 Å². The SMILES string of the molecule is CCOc1ccc(CCCNC(C)(C)CC(C)(C)C)cc1N. The summed E-state index contributed by atoms with van der Waals surface area (Å²) in [5.41, 5.74) is 8.54. The number of aryl methyl sites for hydroxylation is 1. The van der Waals surface area contributed by atoms with Gasteiger partial charge in [-0.3, -0.25) is 0 Å². The van der Waals surface area contributed by atoms with E-state index in [9.17, 15) is 0 Å². The zero-order valence-electron chi connectivity index (χ0n) is 15.3. The van der Waals surface area contributed by atoms with E-state index < -0.39 is 0 Å². The summed E-state index contributed by atoms with van der Waals surface area (Å²) in [6.45, 7) is 15.1. The van der Waals surface area contributed by atoms with Crippen LogP contribution in [-0.2, 0) is 6.42 Å². The highest BCUT2D eigenvalue weighted by Gasteiger charge is 2.24. The summed E-state index contributed by atoms with van der Waals surface area (Å²) in [4.78, 5) is 0. The molecule has 0 bridgehead atoms. The average molecular weight is 306 g/mol. The van der Waals surface area contributed by atoms with Crippen molar-refractivity contribution < 1.29 is 4.74 Å². The van der Waals surface area contributed by atoms with Gasteiger partial charge in [-0.15, -0.1) is 0 Å². The minimum absolute atomic E-state index is 0.177. The van der Waals surface area contributed by atoms with Crippen molar-refractivity contribution in [2.45, 2.75) is 66.3 Å². The zero-order valence-corrected chi connectivity index (χ0v) is 15.3. The highest BCUT2D eigenvalue weighted by molar-refractivity contribution is 5.54. The quantitative estimate of drug-likeness (QED) is 0.552.